The van der Waals surface area contributed by atoms with Crippen LogP contribution in [0.25, 0.3) is 0 Å². The van der Waals surface area contributed by atoms with E-state index in [1.807, 2.05) is 31.2 Å². The molecule has 1 aromatic carbocycles. The molecule has 0 fully saturated rings. The topological polar surface area (TPSA) is 32.3 Å². The average Bonchev–Trinajstić information content (AvgIpc) is 2.37. The summed E-state index contributed by atoms with van der Waals surface area (Å²) in [5.74, 6) is 0.750. The van der Waals surface area contributed by atoms with Crippen LogP contribution in [-0.4, -0.2) is 37.4 Å². The molecule has 106 valence electrons. The summed E-state index contributed by atoms with van der Waals surface area (Å²) in [6, 6.07) is 8.20. The maximum atomic E-state index is 11.6. The quantitative estimate of drug-likeness (QED) is 0.765. The molecule has 1 unspecified atom stereocenters. The number of ketones is 1. The number of nitrogens with one attached hydrogen (secondary N) is 1. The van der Waals surface area contributed by atoms with Crippen LogP contribution in [0.2, 0.25) is 0 Å². The third-order valence-electron chi connectivity index (χ3n) is 3.25. The molecule has 1 atom stereocenters. The zero-order chi connectivity index (χ0) is 14.4. The standard InChI is InChI=1S/C16H26N2O/c1-6-16(19)13-7-9-14(10-8-13)17-15(12(2)3)11-18(4)5/h7-10,12,15,17H,6,11H2,1-5H3. The number of carbonyl (C=O) groups is 1. The maximum absolute atomic E-state index is 11.6. The zero-order valence-corrected chi connectivity index (χ0v) is 12.7. The Kier molecular flexibility index (Phi) is 6.03. The zero-order valence-electron chi connectivity index (χ0n) is 12.7. The molecule has 0 spiro atoms. The van der Waals surface area contributed by atoms with Crippen LogP contribution >= 0.6 is 0 Å². The highest BCUT2D eigenvalue weighted by Gasteiger charge is 2.14. The monoisotopic (exact) mass is 262 g/mol. The smallest absolute Gasteiger partial charge is 0.162 e. The second-order valence-electron chi connectivity index (χ2n) is 5.61. The molecule has 0 aromatic heterocycles. The van der Waals surface area contributed by atoms with Gasteiger partial charge in [0.1, 0.15) is 0 Å². The van der Waals surface area contributed by atoms with E-state index in [2.05, 4.69) is 38.2 Å². The Bertz CT molecular complexity index is 396. The summed E-state index contributed by atoms with van der Waals surface area (Å²) in [6.07, 6.45) is 0.558. The minimum atomic E-state index is 0.195. The van der Waals surface area contributed by atoms with Gasteiger partial charge in [-0.15, -0.1) is 0 Å². The van der Waals surface area contributed by atoms with Crippen LogP contribution in [0, 0.1) is 5.92 Å². The van der Waals surface area contributed by atoms with E-state index in [1.165, 1.54) is 0 Å². The van der Waals surface area contributed by atoms with Crippen LogP contribution in [0.1, 0.15) is 37.6 Å². The fourth-order valence-electron chi connectivity index (χ4n) is 1.99. The van der Waals surface area contributed by atoms with E-state index >= 15 is 0 Å². The van der Waals surface area contributed by atoms with Crippen LogP contribution in [0.15, 0.2) is 24.3 Å². The van der Waals surface area contributed by atoms with Crippen LogP contribution in [-0.2, 0) is 0 Å². The second-order valence-corrected chi connectivity index (χ2v) is 5.61. The van der Waals surface area contributed by atoms with Crippen molar-refractivity contribution in [3.8, 4) is 0 Å². The average molecular weight is 262 g/mol. The van der Waals surface area contributed by atoms with Crippen molar-refractivity contribution in [1.29, 1.82) is 0 Å². The van der Waals surface area contributed by atoms with Gasteiger partial charge in [0.15, 0.2) is 5.78 Å². The number of likely N-dealkylation sites (N-methyl/N-ethyl adjacent to an activating group) is 1. The molecule has 0 aliphatic rings. The number of carbonyl (C=O) groups excluding carboxylic acids is 1. The molecule has 0 aliphatic carbocycles. The van der Waals surface area contributed by atoms with Crippen LogP contribution in [0.5, 0.6) is 0 Å². The Morgan fingerprint density at radius 3 is 2.21 bits per heavy atom. The number of rotatable bonds is 7. The number of hydrogen-bond donors (Lipinski definition) is 1. The van der Waals surface area contributed by atoms with Gasteiger partial charge in [0.2, 0.25) is 0 Å². The molecule has 1 N–H and O–H groups in total. The molecular weight excluding hydrogens is 236 g/mol. The Balaban J connectivity index is 2.72. The number of nitrogens with zero attached hydrogens (tertiary/aromatic N) is 1. The number of hydrogen-bond acceptors (Lipinski definition) is 3. The maximum Gasteiger partial charge on any atom is 0.162 e. The number of anilines is 1. The normalized spacial score (nSPS) is 12.8. The van der Waals surface area contributed by atoms with Gasteiger partial charge in [-0.25, -0.2) is 0 Å². The van der Waals surface area contributed by atoms with Crippen molar-refractivity contribution < 1.29 is 4.79 Å². The summed E-state index contributed by atoms with van der Waals surface area (Å²) >= 11 is 0. The van der Waals surface area contributed by atoms with Gasteiger partial charge in [-0.2, -0.15) is 0 Å². The van der Waals surface area contributed by atoms with E-state index in [0.717, 1.165) is 17.8 Å². The molecule has 0 amide bonds. The summed E-state index contributed by atoms with van der Waals surface area (Å²) in [5.41, 5.74) is 1.87. The van der Waals surface area contributed by atoms with Gasteiger partial charge in [0.05, 0.1) is 0 Å². The highest BCUT2D eigenvalue weighted by molar-refractivity contribution is 5.96. The van der Waals surface area contributed by atoms with Crippen molar-refractivity contribution in [2.45, 2.75) is 33.2 Å². The summed E-state index contributed by atoms with van der Waals surface area (Å²) in [7, 11) is 4.17. The molecule has 0 saturated carbocycles. The molecular formula is C16H26N2O. The van der Waals surface area contributed by atoms with Crippen molar-refractivity contribution in [3.63, 3.8) is 0 Å². The van der Waals surface area contributed by atoms with E-state index in [0.29, 0.717) is 18.4 Å². The van der Waals surface area contributed by atoms with Crippen molar-refractivity contribution in [3.05, 3.63) is 29.8 Å². The lowest BCUT2D eigenvalue weighted by Gasteiger charge is -2.26. The molecule has 1 rings (SSSR count). The first-order valence-electron chi connectivity index (χ1n) is 6.98. The van der Waals surface area contributed by atoms with E-state index < -0.39 is 0 Å². The third kappa shape index (κ3) is 5.03. The molecule has 3 nitrogen and oxygen atoms in total. The predicted molar refractivity (Wildman–Crippen MR) is 81.9 cm³/mol. The highest BCUT2D eigenvalue weighted by atomic mass is 16.1. The first-order chi connectivity index (χ1) is 8.93. The largest absolute Gasteiger partial charge is 0.381 e. The van der Waals surface area contributed by atoms with Gasteiger partial charge >= 0.3 is 0 Å². The summed E-state index contributed by atoms with van der Waals surface area (Å²) in [6.45, 7) is 7.32. The fourth-order valence-corrected chi connectivity index (χ4v) is 1.99. The Labute approximate surface area is 117 Å². The SMILES string of the molecule is CCC(=O)c1ccc(NC(CN(C)C)C(C)C)cc1. The first kappa shape index (κ1) is 15.7. The van der Waals surface area contributed by atoms with Gasteiger partial charge < -0.3 is 10.2 Å². The highest BCUT2D eigenvalue weighted by Crippen LogP contribution is 2.15. The van der Waals surface area contributed by atoms with Crippen molar-refractivity contribution in [2.24, 2.45) is 5.92 Å². The molecule has 0 bridgehead atoms. The van der Waals surface area contributed by atoms with E-state index in [4.69, 9.17) is 0 Å². The first-order valence-corrected chi connectivity index (χ1v) is 6.98. The lowest BCUT2D eigenvalue weighted by molar-refractivity contribution is 0.0988. The molecule has 19 heavy (non-hydrogen) atoms. The molecule has 1 aromatic rings. The van der Waals surface area contributed by atoms with Crippen LogP contribution in [0.4, 0.5) is 5.69 Å². The molecule has 0 heterocycles. The number of benzene rings is 1. The Hall–Kier alpha value is -1.35. The van der Waals surface area contributed by atoms with Gasteiger partial charge in [0.25, 0.3) is 0 Å². The number of Topliss-reactive ketones (excluding diaryl/α,β-unsaturated/α-hetero) is 1. The van der Waals surface area contributed by atoms with Crippen LogP contribution < -0.4 is 5.32 Å². The minimum absolute atomic E-state index is 0.195. The van der Waals surface area contributed by atoms with Gasteiger partial charge in [0, 0.05) is 30.3 Å². The minimum Gasteiger partial charge on any atom is -0.381 e. The Morgan fingerprint density at radius 1 is 1.21 bits per heavy atom. The molecule has 0 aliphatic heterocycles. The molecule has 0 saturated heterocycles. The lowest BCUT2D eigenvalue weighted by atomic mass is 10.0. The molecule has 3 heteroatoms. The van der Waals surface area contributed by atoms with Crippen molar-refractivity contribution >= 4 is 11.5 Å². The van der Waals surface area contributed by atoms with E-state index in [-0.39, 0.29) is 5.78 Å². The van der Waals surface area contributed by atoms with Crippen molar-refractivity contribution in [1.82, 2.24) is 4.90 Å². The predicted octanol–water partition coefficient (Wildman–Crippen LogP) is 3.28. The van der Waals surface area contributed by atoms with Gasteiger partial charge in [-0.1, -0.05) is 20.8 Å². The summed E-state index contributed by atoms with van der Waals surface area (Å²) in [5, 5.41) is 3.54. The van der Waals surface area contributed by atoms with Crippen molar-refractivity contribution in [2.75, 3.05) is 26.0 Å². The van der Waals surface area contributed by atoms with Crippen LogP contribution in [0.3, 0.4) is 0 Å². The fraction of sp³-hybridized carbons (Fsp3) is 0.562. The molecule has 0 radical (unpaired) electrons. The second kappa shape index (κ2) is 7.29. The third-order valence-corrected chi connectivity index (χ3v) is 3.25. The van der Waals surface area contributed by atoms with E-state index in [1.54, 1.807) is 0 Å². The van der Waals surface area contributed by atoms with Gasteiger partial charge in [-0.05, 0) is 44.3 Å². The summed E-state index contributed by atoms with van der Waals surface area (Å²) < 4.78 is 0. The van der Waals surface area contributed by atoms with E-state index in [9.17, 15) is 4.79 Å². The lowest BCUT2D eigenvalue weighted by Crippen LogP contribution is -2.36. The van der Waals surface area contributed by atoms with Gasteiger partial charge in [-0.3, -0.25) is 4.79 Å². The Morgan fingerprint density at radius 2 is 1.79 bits per heavy atom. The summed E-state index contributed by atoms with van der Waals surface area (Å²) in [4.78, 5) is 13.8.